The fraction of sp³-hybridized carbons (Fsp3) is 0.556. The van der Waals surface area contributed by atoms with Crippen molar-refractivity contribution in [3.8, 4) is 11.5 Å². The Morgan fingerprint density at radius 2 is 1.84 bits per heavy atom. The first-order chi connectivity index (χ1) is 12.1. The fourth-order valence-corrected chi connectivity index (χ4v) is 3.45. The molecule has 3 amide bonds. The van der Waals surface area contributed by atoms with Gasteiger partial charge >= 0.3 is 6.03 Å². The number of benzene rings is 1. The van der Waals surface area contributed by atoms with Crippen LogP contribution in [-0.2, 0) is 4.79 Å². The first-order valence-corrected chi connectivity index (χ1v) is 8.94. The highest BCUT2D eigenvalue weighted by Gasteiger charge is 2.24. The minimum Gasteiger partial charge on any atom is -0.486 e. The first kappa shape index (κ1) is 17.5. The molecule has 25 heavy (non-hydrogen) atoms. The van der Waals surface area contributed by atoms with E-state index in [4.69, 9.17) is 9.47 Å². The normalized spacial score (nSPS) is 18.3. The van der Waals surface area contributed by atoms with Gasteiger partial charge in [-0.2, -0.15) is 0 Å². The highest BCUT2D eigenvalue weighted by atomic mass is 16.6. The summed E-state index contributed by atoms with van der Waals surface area (Å²) in [7, 11) is 2.02. The van der Waals surface area contributed by atoms with Gasteiger partial charge in [-0.05, 0) is 37.8 Å². The smallest absolute Gasteiger partial charge is 0.326 e. The van der Waals surface area contributed by atoms with E-state index >= 15 is 0 Å². The maximum atomic E-state index is 12.1. The molecule has 2 aliphatic rings. The van der Waals surface area contributed by atoms with Crippen molar-refractivity contribution in [2.24, 2.45) is 0 Å². The van der Waals surface area contributed by atoms with Gasteiger partial charge in [0.2, 0.25) is 0 Å². The Morgan fingerprint density at radius 3 is 2.60 bits per heavy atom. The zero-order valence-electron chi connectivity index (χ0n) is 14.6. The van der Waals surface area contributed by atoms with E-state index in [9.17, 15) is 9.59 Å². The maximum Gasteiger partial charge on any atom is 0.326 e. The van der Waals surface area contributed by atoms with E-state index in [1.807, 2.05) is 7.05 Å². The number of nitrogens with one attached hydrogen (secondary N) is 3. The molecule has 1 heterocycles. The van der Waals surface area contributed by atoms with Gasteiger partial charge in [0.25, 0.3) is 5.91 Å². The Morgan fingerprint density at radius 1 is 1.12 bits per heavy atom. The molecule has 1 saturated carbocycles. The van der Waals surface area contributed by atoms with Crippen molar-refractivity contribution in [3.63, 3.8) is 0 Å². The van der Waals surface area contributed by atoms with Crippen molar-refractivity contribution in [1.82, 2.24) is 5.32 Å². The summed E-state index contributed by atoms with van der Waals surface area (Å²) in [6.45, 7) is 1.31. The van der Waals surface area contributed by atoms with Crippen molar-refractivity contribution in [1.29, 1.82) is 0 Å². The van der Waals surface area contributed by atoms with Gasteiger partial charge in [-0.25, -0.2) is 4.79 Å². The average molecular weight is 348 g/mol. The number of ether oxygens (including phenoxy) is 2. The number of carbonyl (C=O) groups excluding carboxylic acids is 2. The van der Waals surface area contributed by atoms with E-state index in [2.05, 4.69) is 10.6 Å². The molecule has 0 bridgehead atoms. The van der Waals surface area contributed by atoms with Crippen LogP contribution < -0.4 is 25.0 Å². The quantitative estimate of drug-likeness (QED) is 0.757. The lowest BCUT2D eigenvalue weighted by atomic mass is 9.94. The first-order valence-electron chi connectivity index (χ1n) is 8.94. The number of rotatable bonds is 4. The maximum absolute atomic E-state index is 12.1. The molecule has 1 aliphatic carbocycles. The van der Waals surface area contributed by atoms with E-state index in [1.165, 1.54) is 24.2 Å². The van der Waals surface area contributed by atoms with Gasteiger partial charge < -0.3 is 19.7 Å². The van der Waals surface area contributed by atoms with Crippen LogP contribution in [0.4, 0.5) is 10.5 Å². The molecule has 7 heteroatoms. The summed E-state index contributed by atoms with van der Waals surface area (Å²) < 4.78 is 10.9. The Hall–Kier alpha value is -2.28. The molecular weight excluding hydrogens is 322 g/mol. The van der Waals surface area contributed by atoms with Gasteiger partial charge in [0.15, 0.2) is 18.0 Å². The van der Waals surface area contributed by atoms with Crippen LogP contribution >= 0.6 is 0 Å². The van der Waals surface area contributed by atoms with Crippen LogP contribution in [0.5, 0.6) is 11.5 Å². The lowest BCUT2D eigenvalue weighted by molar-refractivity contribution is -0.899. The summed E-state index contributed by atoms with van der Waals surface area (Å²) in [5.41, 5.74) is 0.558. The molecule has 1 fully saturated rings. The molecule has 1 aromatic rings. The third kappa shape index (κ3) is 4.85. The van der Waals surface area contributed by atoms with Crippen LogP contribution in [0.1, 0.15) is 32.1 Å². The molecule has 3 N–H and O–H groups in total. The number of carbonyl (C=O) groups is 2. The van der Waals surface area contributed by atoms with Gasteiger partial charge in [0, 0.05) is 11.8 Å². The number of likely N-dealkylation sites (N-methyl/N-ethyl adjacent to an activating group) is 1. The zero-order chi connectivity index (χ0) is 17.6. The van der Waals surface area contributed by atoms with Crippen molar-refractivity contribution < 1.29 is 24.0 Å². The standard InChI is InChI=1S/C18H25N3O4/c1-21(14-5-3-2-4-6-14)12-17(22)20-18(23)19-13-7-8-15-16(11-13)25-10-9-24-15/h7-8,11,14H,2-6,9-10,12H2,1H3,(H2,19,20,22,23)/p+1. The van der Waals surface area contributed by atoms with Crippen LogP contribution in [0, 0.1) is 0 Å². The molecule has 0 spiro atoms. The van der Waals surface area contributed by atoms with Crippen molar-refractivity contribution >= 4 is 17.6 Å². The molecular formula is C18H26N3O4+. The van der Waals surface area contributed by atoms with E-state index < -0.39 is 6.03 Å². The number of fused-ring (bicyclic) bond motifs is 1. The highest BCUT2D eigenvalue weighted by molar-refractivity contribution is 6.01. The highest BCUT2D eigenvalue weighted by Crippen LogP contribution is 2.32. The summed E-state index contributed by atoms with van der Waals surface area (Å²) in [4.78, 5) is 25.3. The van der Waals surface area contributed by atoms with E-state index in [-0.39, 0.29) is 5.91 Å². The number of imide groups is 1. The summed E-state index contributed by atoms with van der Waals surface area (Å²) >= 11 is 0. The molecule has 1 atom stereocenters. The average Bonchev–Trinajstić information content (AvgIpc) is 2.62. The van der Waals surface area contributed by atoms with Gasteiger partial charge in [-0.15, -0.1) is 0 Å². The number of hydrogen-bond donors (Lipinski definition) is 3. The molecule has 0 aromatic heterocycles. The van der Waals surface area contributed by atoms with Gasteiger partial charge in [0.1, 0.15) is 13.2 Å². The predicted octanol–water partition coefficient (Wildman–Crippen LogP) is 0.953. The second-order valence-corrected chi connectivity index (χ2v) is 6.72. The molecule has 1 aromatic carbocycles. The number of hydrogen-bond acceptors (Lipinski definition) is 4. The van der Waals surface area contributed by atoms with Gasteiger partial charge in [-0.1, -0.05) is 6.42 Å². The second-order valence-electron chi connectivity index (χ2n) is 6.72. The summed E-state index contributed by atoms with van der Waals surface area (Å²) in [5.74, 6) is 0.987. The van der Waals surface area contributed by atoms with Crippen LogP contribution in [-0.4, -0.2) is 44.8 Å². The number of anilines is 1. The van der Waals surface area contributed by atoms with E-state index in [0.29, 0.717) is 43.0 Å². The zero-order valence-corrected chi connectivity index (χ0v) is 14.6. The van der Waals surface area contributed by atoms with Gasteiger partial charge in [0.05, 0.1) is 13.1 Å². The lowest BCUT2D eigenvalue weighted by Gasteiger charge is -2.27. The molecule has 0 saturated heterocycles. The molecule has 136 valence electrons. The third-order valence-electron chi connectivity index (χ3n) is 4.79. The van der Waals surface area contributed by atoms with E-state index in [0.717, 1.165) is 12.8 Å². The van der Waals surface area contributed by atoms with Crippen LogP contribution in [0.15, 0.2) is 18.2 Å². The fourth-order valence-electron chi connectivity index (χ4n) is 3.45. The molecule has 7 nitrogen and oxygen atoms in total. The monoisotopic (exact) mass is 348 g/mol. The minimum atomic E-state index is -0.530. The Balaban J connectivity index is 1.47. The van der Waals surface area contributed by atoms with Crippen molar-refractivity contribution in [3.05, 3.63) is 18.2 Å². The molecule has 3 rings (SSSR count). The molecule has 1 unspecified atom stereocenters. The predicted molar refractivity (Wildman–Crippen MR) is 93.2 cm³/mol. The largest absolute Gasteiger partial charge is 0.486 e. The topological polar surface area (TPSA) is 81.1 Å². The Bertz CT molecular complexity index is 629. The summed E-state index contributed by atoms with van der Waals surface area (Å²) in [6.07, 6.45) is 6.06. The van der Waals surface area contributed by atoms with Crippen molar-refractivity contribution in [2.45, 2.75) is 38.1 Å². The van der Waals surface area contributed by atoms with Crippen LogP contribution in [0.3, 0.4) is 0 Å². The summed E-state index contributed by atoms with van der Waals surface area (Å²) in [5, 5.41) is 5.06. The van der Waals surface area contributed by atoms with Crippen LogP contribution in [0.25, 0.3) is 0 Å². The summed E-state index contributed by atoms with van der Waals surface area (Å²) in [6, 6.07) is 5.14. The molecule has 0 radical (unpaired) electrons. The van der Waals surface area contributed by atoms with Crippen molar-refractivity contribution in [2.75, 3.05) is 32.1 Å². The number of quaternary nitrogens is 1. The second kappa shape index (κ2) is 8.20. The third-order valence-corrected chi connectivity index (χ3v) is 4.79. The van der Waals surface area contributed by atoms with Crippen LogP contribution in [0.2, 0.25) is 0 Å². The SMILES string of the molecule is C[NH+](CC(=O)NC(=O)Nc1ccc2c(c1)OCCO2)C1CCCCC1. The van der Waals surface area contributed by atoms with E-state index in [1.54, 1.807) is 18.2 Å². The van der Waals surface area contributed by atoms with Gasteiger partial charge in [-0.3, -0.25) is 10.1 Å². The Labute approximate surface area is 147 Å². The Kier molecular flexibility index (Phi) is 5.75. The number of urea groups is 1. The molecule has 1 aliphatic heterocycles. The number of amides is 3. The minimum absolute atomic E-state index is 0.266. The lowest BCUT2D eigenvalue weighted by Crippen LogP contribution is -3.14.